The molecule has 0 amide bonds. The predicted octanol–water partition coefficient (Wildman–Crippen LogP) is 17.7. The van der Waals surface area contributed by atoms with Gasteiger partial charge in [-0.25, -0.2) is 38.9 Å². The van der Waals surface area contributed by atoms with Crippen LogP contribution in [-0.2, 0) is 6.42 Å². The number of benzene rings is 5. The monoisotopic (exact) mass is 1970 g/mol. The van der Waals surface area contributed by atoms with Gasteiger partial charge in [-0.2, -0.15) is 0 Å². The van der Waals surface area contributed by atoms with Crippen molar-refractivity contribution in [3.8, 4) is 56.3 Å². The second-order valence-corrected chi connectivity index (χ2v) is 39.5. The number of pyridine rings is 3. The Morgan fingerprint density at radius 3 is 1.29 bits per heavy atom. The van der Waals surface area contributed by atoms with E-state index in [9.17, 15) is 24.0 Å². The number of likely N-dealkylation sites (N-methyl/N-ethyl adjacent to an activating group) is 2. The highest BCUT2D eigenvalue weighted by molar-refractivity contribution is 5.92. The Hall–Kier alpha value is -15.6. The molecular formula is C115H119N19O13. The summed E-state index contributed by atoms with van der Waals surface area (Å²) in [5.74, 6) is 1.47. The van der Waals surface area contributed by atoms with E-state index in [1.165, 1.54) is 5.56 Å². The van der Waals surface area contributed by atoms with Crippen LogP contribution in [0.15, 0.2) is 256 Å². The van der Waals surface area contributed by atoms with Crippen molar-refractivity contribution in [3.63, 3.8) is 0 Å². The highest BCUT2D eigenvalue weighted by Gasteiger charge is 2.28. The summed E-state index contributed by atoms with van der Waals surface area (Å²) in [7, 11) is 4.27. The van der Waals surface area contributed by atoms with Crippen LogP contribution in [0.3, 0.4) is 0 Å². The normalized spacial score (nSPS) is 15.4. The number of likely N-dealkylation sites (tertiary alicyclic amines) is 1. The van der Waals surface area contributed by atoms with Crippen LogP contribution in [0.4, 0.5) is 22.7 Å². The Kier molecular flexibility index (Phi) is 27.5. The zero-order valence-electron chi connectivity index (χ0n) is 84.9. The maximum atomic E-state index is 12.8. The first-order valence-corrected chi connectivity index (χ1v) is 50.6. The molecule has 147 heavy (non-hydrogen) atoms. The fraction of sp³-hybridized carbons (Fsp3) is 0.322. The summed E-state index contributed by atoms with van der Waals surface area (Å²) < 4.78 is 46.1. The summed E-state index contributed by atoms with van der Waals surface area (Å²) in [5, 5.41) is 18.7. The number of aliphatic hydroxyl groups is 1. The van der Waals surface area contributed by atoms with E-state index in [1.54, 1.807) is 6.20 Å². The number of piperazine rings is 4. The number of aromatic nitrogens is 10. The van der Waals surface area contributed by atoms with Crippen molar-refractivity contribution < 1.29 is 36.0 Å². The summed E-state index contributed by atoms with van der Waals surface area (Å²) in [6.07, 6.45) is 16.0. The molecule has 0 unspecified atom stereocenters. The van der Waals surface area contributed by atoms with Gasteiger partial charge in [0.05, 0.1) is 63.7 Å². The van der Waals surface area contributed by atoms with E-state index in [4.69, 9.17) is 36.0 Å². The highest BCUT2D eigenvalue weighted by Crippen LogP contribution is 2.38. The molecule has 5 saturated heterocycles. The zero-order valence-corrected chi connectivity index (χ0v) is 84.9. The summed E-state index contributed by atoms with van der Waals surface area (Å²) in [6.45, 7) is 38.9. The van der Waals surface area contributed by atoms with Gasteiger partial charge in [0.15, 0.2) is 11.3 Å². The van der Waals surface area contributed by atoms with Gasteiger partial charge in [0.2, 0.25) is 0 Å². The molecule has 0 atom stereocenters. The summed E-state index contributed by atoms with van der Waals surface area (Å²) in [5.41, 5.74) is 22.1. The second kappa shape index (κ2) is 41.5. The number of fused-ring (bicyclic) bond motifs is 10. The van der Waals surface area contributed by atoms with Crippen LogP contribution in [-0.4, -0.2) is 224 Å². The van der Waals surface area contributed by atoms with Gasteiger partial charge >= 0.3 is 28.1 Å². The quantitative estimate of drug-likeness (QED) is 0.0955. The molecule has 20 heterocycles. The molecule has 5 aliphatic rings. The number of rotatable bonds is 14. The van der Waals surface area contributed by atoms with E-state index >= 15 is 0 Å². The van der Waals surface area contributed by atoms with E-state index in [1.807, 2.05) is 220 Å². The van der Waals surface area contributed by atoms with Gasteiger partial charge in [-0.15, -0.1) is 0 Å². The number of furan rings is 2. The molecule has 5 aromatic carbocycles. The van der Waals surface area contributed by atoms with Crippen molar-refractivity contribution in [1.82, 2.24) is 73.0 Å². The SMILES string of the molecule is CCc1nc(C)cn2cc(-c3cc4ccc(N5CCN(C)CC5)cc4oc3=O)nc12.Cc1cc2oc(-c3cc4ccc(N5CCN(C)CC5)cc4oc3=O)cc2c(C)n1.Cc1cc2oc(-c3cc4ccc(N5CCNCC5)cc4oc3=O)cc2c(C)n1.Cc1cn2cc(-c3cc4ccc(C5CCN(CCO)CC5)cc4oc3=O)ccc2n1.Cc1cn2cc(-c3cc4ccc(N5CCN(C(C)C)CC5)cc4oc3=O)nc2cn1. The number of nitrogens with one attached hydrogen (secondary N) is 1. The fourth-order valence-electron chi connectivity index (χ4n) is 20.6. The molecule has 5 fully saturated rings. The lowest BCUT2D eigenvalue weighted by molar-refractivity contribution is 0.164. The molecule has 25 rings (SSSR count). The topological polar surface area (TPSA) is 339 Å². The van der Waals surface area contributed by atoms with Crippen LogP contribution < -0.4 is 53.0 Å². The van der Waals surface area contributed by atoms with Gasteiger partial charge < -0.3 is 88.8 Å². The smallest absolute Gasteiger partial charge is 0.347 e. The Morgan fingerprint density at radius 2 is 0.796 bits per heavy atom. The maximum absolute atomic E-state index is 12.8. The first-order chi connectivity index (χ1) is 71.1. The average molecular weight is 1980 g/mol. The Bertz CT molecular complexity index is 8700. The number of imidazole rings is 3. The minimum Gasteiger partial charge on any atom is -0.456 e. The Morgan fingerprint density at radius 1 is 0.374 bits per heavy atom. The summed E-state index contributed by atoms with van der Waals surface area (Å²) >= 11 is 0. The lowest BCUT2D eigenvalue weighted by Crippen LogP contribution is -2.48. The molecule has 0 aliphatic carbocycles. The molecule has 32 heteroatoms. The summed E-state index contributed by atoms with van der Waals surface area (Å²) in [6, 6.07) is 51.8. The van der Waals surface area contributed by atoms with Crippen molar-refractivity contribution in [2.75, 3.05) is 165 Å². The number of hydrogen-bond acceptors (Lipinski definition) is 29. The average Bonchev–Trinajstić information content (AvgIpc) is 1.65. The van der Waals surface area contributed by atoms with Crippen molar-refractivity contribution in [2.45, 2.75) is 100 Å². The van der Waals surface area contributed by atoms with E-state index in [-0.39, 0.29) is 23.5 Å². The van der Waals surface area contributed by atoms with Crippen molar-refractivity contribution in [1.29, 1.82) is 0 Å². The molecule has 0 radical (unpaired) electrons. The largest absolute Gasteiger partial charge is 0.456 e. The van der Waals surface area contributed by atoms with E-state index < -0.39 is 11.3 Å². The number of piperidine rings is 1. The van der Waals surface area contributed by atoms with Crippen LogP contribution in [0.25, 0.3) is 150 Å². The highest BCUT2D eigenvalue weighted by atomic mass is 16.4. The molecular weight excluding hydrogens is 1860 g/mol. The molecule has 752 valence electrons. The number of nitrogens with zero attached hydrogens (tertiary/aromatic N) is 18. The first-order valence-electron chi connectivity index (χ1n) is 50.6. The molecule has 32 nitrogen and oxygen atoms in total. The van der Waals surface area contributed by atoms with Gasteiger partial charge in [0, 0.05) is 280 Å². The van der Waals surface area contributed by atoms with E-state index in [0.717, 1.165) is 278 Å². The minimum atomic E-state index is -0.397. The van der Waals surface area contributed by atoms with Crippen LogP contribution in [0.5, 0.6) is 0 Å². The minimum absolute atomic E-state index is 0.210. The van der Waals surface area contributed by atoms with Gasteiger partial charge in [0.25, 0.3) is 0 Å². The molecule has 15 aromatic heterocycles. The lowest BCUT2D eigenvalue weighted by atomic mass is 9.89. The van der Waals surface area contributed by atoms with E-state index in [2.05, 4.69) is 151 Å². The summed E-state index contributed by atoms with van der Waals surface area (Å²) in [4.78, 5) is 114. The molecule has 20 aromatic rings. The number of anilines is 4. The first kappa shape index (κ1) is 97.5. The van der Waals surface area contributed by atoms with Crippen molar-refractivity contribution in [2.24, 2.45) is 0 Å². The molecule has 5 aliphatic heterocycles. The number of aliphatic hydroxyl groups excluding tert-OH is 1. The Labute approximate surface area is 846 Å². The third-order valence-electron chi connectivity index (χ3n) is 28.8. The fourth-order valence-corrected chi connectivity index (χ4v) is 20.6. The van der Waals surface area contributed by atoms with Crippen LogP contribution >= 0.6 is 0 Å². The third kappa shape index (κ3) is 20.9. The number of aryl methyl sites for hydroxylation is 8. The van der Waals surface area contributed by atoms with Gasteiger partial charge in [-0.1, -0.05) is 19.1 Å². The zero-order chi connectivity index (χ0) is 102. The maximum Gasteiger partial charge on any atom is 0.347 e. The predicted molar refractivity (Wildman–Crippen MR) is 578 cm³/mol. The Balaban J connectivity index is 0.000000108. The van der Waals surface area contributed by atoms with Gasteiger partial charge in [0.1, 0.15) is 67.4 Å². The molecule has 0 saturated carbocycles. The standard InChI is InChI=1S/C24H25N3O3.2C23H25N5O2.C23H23N3O3.C22H21N3O3/c1-16-14-27-15-20(4-5-23(27)25-16)21-12-19-3-2-18(13-22(19)30-24(21)29)17-6-8-26(9-7-17)10-11-28;1-15(2)26-6-8-27(9-7-26)18-5-4-17-10-19(23(29)30-21(17)11-18)20-14-28-13-16(3)24-12-22(28)25-20;1-4-19-22-25-20(14-28(22)13-15(2)24-19)18-11-16-5-6-17(12-21(16)30-23(18)29)27-9-7-26(3)8-10-27;1-14-10-21-18(15(2)24-14)13-22(28-21)19-11-16-4-5-17(12-20(16)29-23(19)27)26-8-6-25(3)7-9-26;1-13-9-20-17(14(2)24-13)12-21(27-20)18-10-15-3-4-16(11-19(15)28-22(18)26)25-7-5-23-6-8-25/h2-5,12-15,17,28H,6-11H2,1H3;4-5,10-15H,6-9H2,1-3H3;5-6,11-14H,4,7-10H2,1-3H3;4-5,10-13H,6-9H2,1-3H3;3-4,9-12,23H,5-8H2,1-2H3. The van der Waals surface area contributed by atoms with Crippen molar-refractivity contribution in [3.05, 3.63) is 304 Å². The lowest BCUT2D eigenvalue weighted by Gasteiger charge is -2.38. The van der Waals surface area contributed by atoms with Crippen molar-refractivity contribution >= 4 is 116 Å². The molecule has 0 bridgehead atoms. The second-order valence-electron chi connectivity index (χ2n) is 39.5. The van der Waals surface area contributed by atoms with Crippen LogP contribution in [0.2, 0.25) is 0 Å². The van der Waals surface area contributed by atoms with Crippen LogP contribution in [0.1, 0.15) is 90.6 Å². The number of hydrogen-bond donors (Lipinski definition) is 2. The van der Waals surface area contributed by atoms with E-state index in [0.29, 0.717) is 96.2 Å². The van der Waals surface area contributed by atoms with Crippen LogP contribution in [0, 0.1) is 48.5 Å². The molecule has 2 N–H and O–H groups in total. The third-order valence-corrected chi connectivity index (χ3v) is 28.8. The number of β-amino-alcohol motifs (C(OH)–C–C–N with tert-alkyl or cyclic N) is 1. The van der Waals surface area contributed by atoms with Gasteiger partial charge in [-0.3, -0.25) is 24.8 Å². The molecule has 0 spiro atoms. The van der Waals surface area contributed by atoms with Gasteiger partial charge in [-0.05, 0) is 229 Å².